The second-order valence-corrected chi connectivity index (χ2v) is 5.34. The highest BCUT2D eigenvalue weighted by Crippen LogP contribution is 2.27. The number of rotatable bonds is 7. The average molecular weight is 384 g/mol. The quantitative estimate of drug-likeness (QED) is 0.489. The molecule has 0 bridgehead atoms. The maximum atomic E-state index is 11.3. The summed E-state index contributed by atoms with van der Waals surface area (Å²) >= 11 is 5.96. The van der Waals surface area contributed by atoms with Crippen molar-refractivity contribution in [3.05, 3.63) is 40.8 Å². The van der Waals surface area contributed by atoms with E-state index in [0.717, 1.165) is 6.07 Å². The van der Waals surface area contributed by atoms with Gasteiger partial charge in [0.15, 0.2) is 17.7 Å². The summed E-state index contributed by atoms with van der Waals surface area (Å²) in [6.45, 7) is 0. The second-order valence-electron chi connectivity index (χ2n) is 4.93. The fraction of sp³-hybridized carbons (Fsp3) is 0.143. The van der Waals surface area contributed by atoms with Crippen molar-refractivity contribution in [2.45, 2.75) is 11.8 Å². The van der Waals surface area contributed by atoms with Crippen molar-refractivity contribution in [2.24, 2.45) is 0 Å². The second kappa shape index (κ2) is 7.19. The first-order valence-corrected chi connectivity index (χ1v) is 7.15. The summed E-state index contributed by atoms with van der Waals surface area (Å²) < 4.78 is 0.712. The molecule has 0 aliphatic rings. The summed E-state index contributed by atoms with van der Waals surface area (Å²) in [7, 11) is 0. The van der Waals surface area contributed by atoms with Gasteiger partial charge in [0.2, 0.25) is 0 Å². The van der Waals surface area contributed by atoms with Crippen LogP contribution < -0.4 is 0 Å². The Hall–Kier alpha value is -3.47. The van der Waals surface area contributed by atoms with E-state index in [0.29, 0.717) is 4.68 Å². The number of carboxylic acid groups (broad SMARTS) is 4. The van der Waals surface area contributed by atoms with Crippen molar-refractivity contribution in [1.29, 1.82) is 0 Å². The Kier molecular flexibility index (Phi) is 5.22. The molecule has 11 nitrogen and oxygen atoms in total. The van der Waals surface area contributed by atoms with E-state index in [1.807, 2.05) is 0 Å². The zero-order chi connectivity index (χ0) is 19.6. The number of aromatic nitrogens is 3. The number of aliphatic carboxylic acids is 4. The predicted molar refractivity (Wildman–Crippen MR) is 82.4 cm³/mol. The Morgan fingerprint density at radius 2 is 1.50 bits per heavy atom. The Labute approximate surface area is 149 Å². The van der Waals surface area contributed by atoms with E-state index < -0.39 is 47.1 Å². The molecule has 0 atom stereocenters. The molecule has 2 heterocycles. The molecule has 0 saturated heterocycles. The Balaban J connectivity index is 2.78. The zero-order valence-corrected chi connectivity index (χ0v) is 13.4. The van der Waals surface area contributed by atoms with Crippen LogP contribution in [-0.2, 0) is 19.2 Å². The molecule has 0 saturated carbocycles. The topological polar surface area (TPSA) is 180 Å². The molecule has 0 aliphatic heterocycles. The van der Waals surface area contributed by atoms with Gasteiger partial charge in [0.05, 0.1) is 16.4 Å². The van der Waals surface area contributed by atoms with Crippen molar-refractivity contribution in [3.63, 3.8) is 0 Å². The fourth-order valence-electron chi connectivity index (χ4n) is 2.18. The van der Waals surface area contributed by atoms with Crippen LogP contribution in [0.25, 0.3) is 5.82 Å². The highest BCUT2D eigenvalue weighted by molar-refractivity contribution is 6.32. The van der Waals surface area contributed by atoms with Gasteiger partial charge in [-0.2, -0.15) is 5.10 Å². The fourth-order valence-corrected chi connectivity index (χ4v) is 2.38. The lowest BCUT2D eigenvalue weighted by atomic mass is 10.0. The molecule has 12 heteroatoms. The van der Waals surface area contributed by atoms with E-state index in [2.05, 4.69) is 10.1 Å². The van der Waals surface area contributed by atoms with Crippen molar-refractivity contribution in [1.82, 2.24) is 14.8 Å². The molecule has 0 spiro atoms. The molecule has 2 aromatic heterocycles. The van der Waals surface area contributed by atoms with Gasteiger partial charge in [-0.05, 0) is 18.2 Å². The summed E-state index contributed by atoms with van der Waals surface area (Å²) in [5, 5.41) is 40.3. The average Bonchev–Trinajstić information content (AvgIpc) is 2.90. The maximum Gasteiger partial charge on any atom is 0.324 e. The summed E-state index contributed by atoms with van der Waals surface area (Å²) in [6, 6.07) is 3.58. The molecular formula is C14H10ClN3O8. The van der Waals surface area contributed by atoms with Gasteiger partial charge in [0.25, 0.3) is 0 Å². The number of hydrogen-bond acceptors (Lipinski definition) is 6. The Morgan fingerprint density at radius 1 is 0.962 bits per heavy atom. The van der Waals surface area contributed by atoms with Crippen molar-refractivity contribution >= 4 is 35.5 Å². The normalized spacial score (nSPS) is 10.9. The van der Waals surface area contributed by atoms with E-state index >= 15 is 0 Å². The van der Waals surface area contributed by atoms with Crippen LogP contribution in [0.15, 0.2) is 24.4 Å². The van der Waals surface area contributed by atoms with Crippen LogP contribution in [0.3, 0.4) is 0 Å². The SMILES string of the molecule is O=C(O)C(C(=O)O)c1cc(C(C(=O)O)C(=O)O)n(-c2ncccc2Cl)n1. The first kappa shape index (κ1) is 18.9. The molecule has 0 fully saturated rings. The number of carboxylic acids is 4. The smallest absolute Gasteiger partial charge is 0.324 e. The minimum Gasteiger partial charge on any atom is -0.480 e. The summed E-state index contributed by atoms with van der Waals surface area (Å²) in [4.78, 5) is 49.0. The van der Waals surface area contributed by atoms with E-state index in [9.17, 15) is 29.4 Å². The minimum absolute atomic E-state index is 0.0415. The molecule has 136 valence electrons. The molecule has 0 aliphatic carbocycles. The van der Waals surface area contributed by atoms with Crippen molar-refractivity contribution in [3.8, 4) is 5.82 Å². The molecule has 2 rings (SSSR count). The predicted octanol–water partition coefficient (Wildman–Crippen LogP) is 0.426. The van der Waals surface area contributed by atoms with Gasteiger partial charge in [-0.1, -0.05) is 11.6 Å². The number of carbonyl (C=O) groups is 4. The third-order valence-electron chi connectivity index (χ3n) is 3.27. The molecule has 0 radical (unpaired) electrons. The van der Waals surface area contributed by atoms with Gasteiger partial charge >= 0.3 is 23.9 Å². The van der Waals surface area contributed by atoms with Crippen LogP contribution in [-0.4, -0.2) is 59.1 Å². The van der Waals surface area contributed by atoms with Gasteiger partial charge in [-0.15, -0.1) is 0 Å². The van der Waals surface area contributed by atoms with Crippen molar-refractivity contribution < 1.29 is 39.6 Å². The molecular weight excluding hydrogens is 374 g/mol. The van der Waals surface area contributed by atoms with Gasteiger partial charge in [0.1, 0.15) is 0 Å². The first-order chi connectivity index (χ1) is 12.1. The summed E-state index contributed by atoms with van der Waals surface area (Å²) in [5.74, 6) is -11.5. The molecule has 0 aromatic carbocycles. The van der Waals surface area contributed by atoms with E-state index in [1.54, 1.807) is 0 Å². The number of pyridine rings is 1. The van der Waals surface area contributed by atoms with Crippen molar-refractivity contribution in [2.75, 3.05) is 0 Å². The number of halogens is 1. The molecule has 26 heavy (non-hydrogen) atoms. The van der Waals surface area contributed by atoms with E-state index in [-0.39, 0.29) is 10.8 Å². The van der Waals surface area contributed by atoms with E-state index in [1.165, 1.54) is 18.3 Å². The van der Waals surface area contributed by atoms with Crippen LogP contribution in [0.5, 0.6) is 0 Å². The lowest BCUT2D eigenvalue weighted by molar-refractivity contribution is -0.152. The molecule has 0 amide bonds. The monoisotopic (exact) mass is 383 g/mol. The third kappa shape index (κ3) is 3.47. The van der Waals surface area contributed by atoms with Gasteiger partial charge < -0.3 is 20.4 Å². The third-order valence-corrected chi connectivity index (χ3v) is 3.57. The zero-order valence-electron chi connectivity index (χ0n) is 12.6. The molecule has 2 aromatic rings. The van der Waals surface area contributed by atoms with E-state index in [4.69, 9.17) is 21.8 Å². The van der Waals surface area contributed by atoms with Crippen LogP contribution >= 0.6 is 11.6 Å². The van der Waals surface area contributed by atoms with Crippen LogP contribution in [0.1, 0.15) is 23.2 Å². The summed E-state index contributed by atoms with van der Waals surface area (Å²) in [6.07, 6.45) is 1.26. The van der Waals surface area contributed by atoms with Crippen LogP contribution in [0.4, 0.5) is 0 Å². The minimum atomic E-state index is -2.16. The van der Waals surface area contributed by atoms with Gasteiger partial charge in [0, 0.05) is 6.20 Å². The highest BCUT2D eigenvalue weighted by atomic mass is 35.5. The van der Waals surface area contributed by atoms with Crippen LogP contribution in [0.2, 0.25) is 5.02 Å². The first-order valence-electron chi connectivity index (χ1n) is 6.77. The summed E-state index contributed by atoms with van der Waals surface area (Å²) in [5.41, 5.74) is -1.08. The maximum absolute atomic E-state index is 11.3. The molecule has 0 unspecified atom stereocenters. The number of hydrogen-bond donors (Lipinski definition) is 4. The van der Waals surface area contributed by atoms with Gasteiger partial charge in [-0.3, -0.25) is 19.2 Å². The Morgan fingerprint density at radius 3 is 1.96 bits per heavy atom. The largest absolute Gasteiger partial charge is 0.480 e. The molecule has 4 N–H and O–H groups in total. The van der Waals surface area contributed by atoms with Gasteiger partial charge in [-0.25, -0.2) is 9.67 Å². The Bertz CT molecular complexity index is 881. The lowest BCUT2D eigenvalue weighted by Crippen LogP contribution is -2.24. The standard InChI is InChI=1S/C14H10ClN3O8/c15-5-2-1-3-16-10(5)18-7(9(13(23)24)14(25)26)4-6(17-18)8(11(19)20)12(21)22/h1-4,8-9H,(H,19,20)(H,21,22)(H,23,24)(H,25,26). The van der Waals surface area contributed by atoms with Crippen LogP contribution in [0, 0.1) is 0 Å². The number of nitrogens with zero attached hydrogens (tertiary/aromatic N) is 3. The highest BCUT2D eigenvalue weighted by Gasteiger charge is 2.37. The lowest BCUT2D eigenvalue weighted by Gasteiger charge is -2.11.